The molecule has 10 nitrogen and oxygen atoms in total. The molecular formula is C24H26N2O8. The minimum absolute atomic E-state index is 0.0266. The van der Waals surface area contributed by atoms with Crippen LogP contribution in [0.15, 0.2) is 34.8 Å². The summed E-state index contributed by atoms with van der Waals surface area (Å²) in [7, 11) is 3.12. The first-order chi connectivity index (χ1) is 15.9. The number of phenols is 1. The maximum atomic E-state index is 13.5. The number of aromatic hydroxyl groups is 1. The van der Waals surface area contributed by atoms with Crippen LogP contribution in [0.4, 0.5) is 0 Å². The van der Waals surface area contributed by atoms with Crippen molar-refractivity contribution in [2.24, 2.45) is 17.6 Å². The zero-order valence-electron chi connectivity index (χ0n) is 19.0. The third-order valence-electron chi connectivity index (χ3n) is 7.23. The number of likely N-dealkylation sites (N-methyl/N-ethyl adjacent to an activating group) is 1. The summed E-state index contributed by atoms with van der Waals surface area (Å²) in [6, 6.07) is 1.60. The molecule has 0 unspecified atom stereocenters. The van der Waals surface area contributed by atoms with Crippen molar-refractivity contribution in [3.8, 4) is 5.75 Å². The molecule has 0 saturated carbocycles. The van der Waals surface area contributed by atoms with Gasteiger partial charge in [-0.25, -0.2) is 0 Å². The highest BCUT2D eigenvalue weighted by Crippen LogP contribution is 2.52. The van der Waals surface area contributed by atoms with E-state index in [1.807, 2.05) is 0 Å². The molecule has 1 aromatic rings. The molecule has 6 N–H and O–H groups in total. The molecule has 0 fully saturated rings. The van der Waals surface area contributed by atoms with Gasteiger partial charge in [-0.2, -0.15) is 0 Å². The Kier molecular flexibility index (Phi) is 5.41. The number of hydrogen-bond donors (Lipinski definition) is 5. The smallest absolute Gasteiger partial charge is 0.255 e. The Morgan fingerprint density at radius 3 is 2.38 bits per heavy atom. The standard InChI is InChI=1S/C24H26N2O8/c1-4-13(27)10-5-6-14(28)16-11(10)7-9-8-12-18(26(2)3)20(30)17(23(25)33)22(32)24(12,34)21(31)15(9)19(16)29/h5-6,9,12,18,28,30-31,34H,4,7-8H2,1-3H3,(H2,25,33)/t9-,12-,18-,24-/m1/s1. The Hall–Kier alpha value is -3.50. The number of aliphatic hydroxyl groups is 3. The van der Waals surface area contributed by atoms with Gasteiger partial charge in [0.15, 0.2) is 17.2 Å². The summed E-state index contributed by atoms with van der Waals surface area (Å²) in [6.07, 6.45) is 0.239. The van der Waals surface area contributed by atoms with E-state index < -0.39 is 63.8 Å². The molecule has 0 radical (unpaired) electrons. The molecule has 10 heteroatoms. The van der Waals surface area contributed by atoms with Crippen molar-refractivity contribution in [3.05, 3.63) is 51.5 Å². The van der Waals surface area contributed by atoms with Crippen molar-refractivity contribution >= 4 is 23.3 Å². The van der Waals surface area contributed by atoms with Gasteiger partial charge < -0.3 is 26.2 Å². The largest absolute Gasteiger partial charge is 0.510 e. The van der Waals surface area contributed by atoms with E-state index in [-0.39, 0.29) is 41.7 Å². The second-order valence-corrected chi connectivity index (χ2v) is 9.23. The Morgan fingerprint density at radius 1 is 1.18 bits per heavy atom. The second kappa shape index (κ2) is 7.78. The molecule has 0 bridgehead atoms. The maximum absolute atomic E-state index is 13.5. The van der Waals surface area contributed by atoms with Crippen LogP contribution >= 0.6 is 0 Å². The van der Waals surface area contributed by atoms with Gasteiger partial charge in [0.1, 0.15) is 22.8 Å². The van der Waals surface area contributed by atoms with Gasteiger partial charge >= 0.3 is 0 Å². The number of rotatable bonds is 4. The number of allylic oxidation sites excluding steroid dienone is 1. The van der Waals surface area contributed by atoms with Crippen molar-refractivity contribution in [1.82, 2.24) is 4.90 Å². The van der Waals surface area contributed by atoms with Gasteiger partial charge in [0.25, 0.3) is 5.91 Å². The fraction of sp³-hybridized carbons (Fsp3) is 0.417. The van der Waals surface area contributed by atoms with Crippen LogP contribution in [0.1, 0.15) is 46.0 Å². The van der Waals surface area contributed by atoms with Gasteiger partial charge in [0.2, 0.25) is 5.78 Å². The summed E-state index contributed by atoms with van der Waals surface area (Å²) in [5, 5.41) is 43.9. The number of nitrogens with two attached hydrogens (primary N) is 1. The van der Waals surface area contributed by atoms with E-state index >= 15 is 0 Å². The number of nitrogens with zero attached hydrogens (tertiary/aromatic N) is 1. The Bertz CT molecular complexity index is 1230. The summed E-state index contributed by atoms with van der Waals surface area (Å²) in [5.41, 5.74) is 1.96. The van der Waals surface area contributed by atoms with Crippen molar-refractivity contribution < 1.29 is 39.6 Å². The monoisotopic (exact) mass is 470 g/mol. The molecule has 4 rings (SSSR count). The molecule has 0 heterocycles. The normalized spacial score (nSPS) is 28.6. The van der Waals surface area contributed by atoms with E-state index in [1.165, 1.54) is 17.0 Å². The van der Waals surface area contributed by atoms with E-state index in [0.29, 0.717) is 5.56 Å². The predicted molar refractivity (Wildman–Crippen MR) is 118 cm³/mol. The molecule has 1 amide bonds. The highest BCUT2D eigenvalue weighted by molar-refractivity contribution is 6.25. The SMILES string of the molecule is CCC(=O)c1ccc(O)c2c1C[C@@H]1C[C@@H]3[C@@H](N(C)C)C(O)=C(C(N)=O)C(=O)[C@]3(O)C(O)=C1C2=O. The van der Waals surface area contributed by atoms with Crippen molar-refractivity contribution in [3.63, 3.8) is 0 Å². The summed E-state index contributed by atoms with van der Waals surface area (Å²) in [5.74, 6) is -7.38. The third kappa shape index (κ3) is 2.95. The first-order valence-electron chi connectivity index (χ1n) is 10.9. The Balaban J connectivity index is 1.97. The number of fused-ring (bicyclic) bond motifs is 3. The molecule has 3 aliphatic rings. The number of carbonyl (C=O) groups is 4. The average Bonchev–Trinajstić information content (AvgIpc) is 2.75. The van der Waals surface area contributed by atoms with Crippen LogP contribution in [0.3, 0.4) is 0 Å². The lowest BCUT2D eigenvalue weighted by Gasteiger charge is -2.50. The van der Waals surface area contributed by atoms with Crippen LogP contribution in [0.5, 0.6) is 5.75 Å². The maximum Gasteiger partial charge on any atom is 0.255 e. The van der Waals surface area contributed by atoms with E-state index in [1.54, 1.807) is 21.0 Å². The van der Waals surface area contributed by atoms with E-state index in [9.17, 15) is 39.6 Å². The number of ketones is 3. The highest BCUT2D eigenvalue weighted by Gasteiger charge is 2.63. The minimum atomic E-state index is -2.68. The summed E-state index contributed by atoms with van der Waals surface area (Å²) >= 11 is 0. The number of amides is 1. The predicted octanol–water partition coefficient (Wildman–Crippen LogP) is 0.713. The number of aliphatic hydroxyl groups excluding tert-OH is 2. The molecule has 0 saturated heterocycles. The van der Waals surface area contributed by atoms with Crippen molar-refractivity contribution in [2.75, 3.05) is 14.1 Å². The summed E-state index contributed by atoms with van der Waals surface area (Å²) < 4.78 is 0. The van der Waals surface area contributed by atoms with Crippen molar-refractivity contribution in [1.29, 1.82) is 0 Å². The van der Waals surface area contributed by atoms with E-state index in [2.05, 4.69) is 0 Å². The van der Waals surface area contributed by atoms with Crippen LogP contribution in [-0.2, 0) is 16.0 Å². The first kappa shape index (κ1) is 23.7. The first-order valence-corrected chi connectivity index (χ1v) is 10.9. The van der Waals surface area contributed by atoms with Gasteiger partial charge in [0, 0.05) is 23.5 Å². The van der Waals surface area contributed by atoms with Gasteiger partial charge in [-0.3, -0.25) is 24.1 Å². The molecule has 34 heavy (non-hydrogen) atoms. The van der Waals surface area contributed by atoms with Crippen LogP contribution in [0, 0.1) is 11.8 Å². The van der Waals surface area contributed by atoms with E-state index in [0.717, 1.165) is 0 Å². The van der Waals surface area contributed by atoms with Crippen LogP contribution in [0.2, 0.25) is 0 Å². The number of primary amides is 1. The van der Waals surface area contributed by atoms with E-state index in [4.69, 9.17) is 5.73 Å². The topological polar surface area (TPSA) is 178 Å². The molecule has 1 aromatic carbocycles. The molecule has 4 atom stereocenters. The lowest BCUT2D eigenvalue weighted by atomic mass is 9.58. The zero-order chi connectivity index (χ0) is 25.3. The number of carbonyl (C=O) groups excluding carboxylic acids is 4. The fourth-order valence-corrected chi connectivity index (χ4v) is 5.70. The number of Topliss-reactive ketones (excluding diaryl/α,β-unsaturated/α-hetero) is 3. The number of hydrogen-bond acceptors (Lipinski definition) is 9. The van der Waals surface area contributed by atoms with Gasteiger partial charge in [-0.15, -0.1) is 0 Å². The van der Waals surface area contributed by atoms with Crippen LogP contribution < -0.4 is 5.73 Å². The molecule has 0 spiro atoms. The van der Waals surface area contributed by atoms with Gasteiger partial charge in [-0.05, 0) is 50.6 Å². The van der Waals surface area contributed by atoms with Crippen molar-refractivity contribution in [2.45, 2.75) is 37.8 Å². The quantitative estimate of drug-likeness (QED) is 0.313. The van der Waals surface area contributed by atoms with Crippen LogP contribution in [-0.4, -0.2) is 74.3 Å². The van der Waals surface area contributed by atoms with Crippen LogP contribution in [0.25, 0.3) is 0 Å². The summed E-state index contributed by atoms with van der Waals surface area (Å²) in [6.45, 7) is 1.67. The van der Waals surface area contributed by atoms with Gasteiger partial charge in [-0.1, -0.05) is 6.92 Å². The molecule has 0 aromatic heterocycles. The minimum Gasteiger partial charge on any atom is -0.510 e. The third-order valence-corrected chi connectivity index (χ3v) is 7.23. The fourth-order valence-electron chi connectivity index (χ4n) is 5.70. The molecule has 0 aliphatic heterocycles. The number of phenolic OH excluding ortho intramolecular Hbond substituents is 1. The lowest BCUT2D eigenvalue weighted by molar-refractivity contribution is -0.148. The number of benzene rings is 1. The Morgan fingerprint density at radius 2 is 1.82 bits per heavy atom. The molecule has 3 aliphatic carbocycles. The lowest BCUT2D eigenvalue weighted by Crippen LogP contribution is -2.63. The average molecular weight is 470 g/mol. The second-order valence-electron chi connectivity index (χ2n) is 9.23. The molecule has 180 valence electrons. The van der Waals surface area contributed by atoms with Gasteiger partial charge in [0.05, 0.1) is 11.6 Å². The zero-order valence-corrected chi connectivity index (χ0v) is 19.0. The molecular weight excluding hydrogens is 444 g/mol. The highest BCUT2D eigenvalue weighted by atomic mass is 16.3. The summed E-state index contributed by atoms with van der Waals surface area (Å²) in [4.78, 5) is 52.7. The Labute approximate surface area is 195 Å².